The number of rotatable bonds is 2. The third kappa shape index (κ3) is 2.46. The monoisotopic (exact) mass is 207 g/mol. The lowest BCUT2D eigenvalue weighted by Gasteiger charge is -2.32. The molecule has 1 saturated heterocycles. The first-order valence-corrected chi connectivity index (χ1v) is 5.31. The van der Waals surface area contributed by atoms with E-state index in [1.54, 1.807) is 18.5 Å². The highest BCUT2D eigenvalue weighted by Gasteiger charge is 2.29. The average Bonchev–Trinajstić information content (AvgIpc) is 2.22. The van der Waals surface area contributed by atoms with Crippen molar-refractivity contribution in [2.24, 2.45) is 0 Å². The number of nitrogens with one attached hydrogen (secondary N) is 1. The smallest absolute Gasteiger partial charge is 0.0713 e. The van der Waals surface area contributed by atoms with Gasteiger partial charge < -0.3 is 16.2 Å². The van der Waals surface area contributed by atoms with E-state index in [0.29, 0.717) is 6.42 Å². The van der Waals surface area contributed by atoms with E-state index in [1.165, 1.54) is 0 Å². The Morgan fingerprint density at radius 1 is 1.47 bits per heavy atom. The Morgan fingerprint density at radius 3 is 2.87 bits per heavy atom. The highest BCUT2D eigenvalue weighted by Crippen LogP contribution is 2.25. The van der Waals surface area contributed by atoms with Gasteiger partial charge in [-0.25, -0.2) is 0 Å². The van der Waals surface area contributed by atoms with Crippen LogP contribution in [0.2, 0.25) is 0 Å². The van der Waals surface area contributed by atoms with E-state index >= 15 is 0 Å². The van der Waals surface area contributed by atoms with Crippen molar-refractivity contribution < 1.29 is 5.11 Å². The Hall–Kier alpha value is -1.13. The number of anilines is 1. The van der Waals surface area contributed by atoms with Gasteiger partial charge in [0.2, 0.25) is 0 Å². The Kier molecular flexibility index (Phi) is 2.88. The zero-order valence-corrected chi connectivity index (χ0v) is 8.74. The highest BCUT2D eigenvalue weighted by atomic mass is 16.3. The van der Waals surface area contributed by atoms with E-state index in [0.717, 1.165) is 37.2 Å². The number of hydrogen-bond acceptors (Lipinski definition) is 4. The van der Waals surface area contributed by atoms with Crippen molar-refractivity contribution in [3.8, 4) is 0 Å². The molecule has 4 nitrogen and oxygen atoms in total. The zero-order chi connectivity index (χ0) is 10.7. The van der Waals surface area contributed by atoms with Crippen LogP contribution in [-0.2, 0) is 6.42 Å². The first-order chi connectivity index (χ1) is 7.20. The van der Waals surface area contributed by atoms with Gasteiger partial charge in [0, 0.05) is 24.5 Å². The minimum absolute atomic E-state index is 0.606. The van der Waals surface area contributed by atoms with Crippen LogP contribution < -0.4 is 11.1 Å². The topological polar surface area (TPSA) is 71.2 Å². The predicted molar refractivity (Wildman–Crippen MR) is 59.4 cm³/mol. The van der Waals surface area contributed by atoms with Crippen LogP contribution in [0.15, 0.2) is 18.5 Å². The highest BCUT2D eigenvalue weighted by molar-refractivity contribution is 5.45. The van der Waals surface area contributed by atoms with E-state index < -0.39 is 5.60 Å². The van der Waals surface area contributed by atoms with Gasteiger partial charge in [-0.2, -0.15) is 0 Å². The van der Waals surface area contributed by atoms with Crippen molar-refractivity contribution in [2.45, 2.75) is 24.9 Å². The van der Waals surface area contributed by atoms with Gasteiger partial charge in [0.1, 0.15) is 0 Å². The first-order valence-electron chi connectivity index (χ1n) is 5.31. The van der Waals surface area contributed by atoms with E-state index in [2.05, 4.69) is 10.3 Å². The average molecular weight is 207 g/mol. The van der Waals surface area contributed by atoms with Gasteiger partial charge in [0.05, 0.1) is 5.60 Å². The lowest BCUT2D eigenvalue weighted by atomic mass is 9.86. The molecule has 0 saturated carbocycles. The Bertz CT molecular complexity index is 334. The van der Waals surface area contributed by atoms with Crippen LogP contribution in [-0.4, -0.2) is 28.8 Å². The predicted octanol–water partition coefficient (Wildman–Crippen LogP) is 0.321. The fourth-order valence-electron chi connectivity index (χ4n) is 2.01. The Balaban J connectivity index is 2.10. The summed E-state index contributed by atoms with van der Waals surface area (Å²) in [6, 6.07) is 1.78. The zero-order valence-electron chi connectivity index (χ0n) is 8.74. The van der Waals surface area contributed by atoms with Crippen LogP contribution in [0.1, 0.15) is 18.4 Å². The van der Waals surface area contributed by atoms with Crippen molar-refractivity contribution in [1.29, 1.82) is 0 Å². The summed E-state index contributed by atoms with van der Waals surface area (Å²) in [4.78, 5) is 4.04. The molecule has 1 aliphatic rings. The van der Waals surface area contributed by atoms with Crippen LogP contribution in [0.25, 0.3) is 0 Å². The normalized spacial score (nSPS) is 20.1. The fourth-order valence-corrected chi connectivity index (χ4v) is 2.01. The van der Waals surface area contributed by atoms with E-state index in [-0.39, 0.29) is 0 Å². The third-order valence-corrected chi connectivity index (χ3v) is 3.00. The van der Waals surface area contributed by atoms with Crippen molar-refractivity contribution in [3.63, 3.8) is 0 Å². The molecular formula is C11H17N3O. The summed E-state index contributed by atoms with van der Waals surface area (Å²) < 4.78 is 0. The summed E-state index contributed by atoms with van der Waals surface area (Å²) in [5.74, 6) is 0. The third-order valence-electron chi connectivity index (χ3n) is 3.00. The number of aromatic nitrogens is 1. The van der Waals surface area contributed by atoms with Gasteiger partial charge in [0.15, 0.2) is 0 Å². The molecule has 0 unspecified atom stereocenters. The number of nitrogens with two attached hydrogens (primary N) is 1. The molecule has 2 heterocycles. The lowest BCUT2D eigenvalue weighted by Crippen LogP contribution is -2.43. The van der Waals surface area contributed by atoms with Gasteiger partial charge in [-0.3, -0.25) is 4.98 Å². The second kappa shape index (κ2) is 4.16. The number of nitrogens with zero attached hydrogens (tertiary/aromatic N) is 1. The van der Waals surface area contributed by atoms with Gasteiger partial charge >= 0.3 is 0 Å². The van der Waals surface area contributed by atoms with Gasteiger partial charge in [-0.1, -0.05) is 0 Å². The van der Waals surface area contributed by atoms with Crippen molar-refractivity contribution in [1.82, 2.24) is 10.3 Å². The van der Waals surface area contributed by atoms with Crippen LogP contribution in [0.4, 0.5) is 5.69 Å². The second-order valence-corrected chi connectivity index (χ2v) is 4.23. The van der Waals surface area contributed by atoms with Crippen LogP contribution in [0, 0.1) is 0 Å². The standard InChI is InChI=1S/C11H17N3O/c12-10-1-4-14-8-9(10)7-11(15)2-5-13-6-3-11/h1,4,8,13,15H,2-3,5-7H2,(H2,12,14). The number of piperidine rings is 1. The molecule has 1 fully saturated rings. The number of aliphatic hydroxyl groups is 1. The molecule has 15 heavy (non-hydrogen) atoms. The summed E-state index contributed by atoms with van der Waals surface area (Å²) in [6.07, 6.45) is 5.58. The maximum Gasteiger partial charge on any atom is 0.0713 e. The fraction of sp³-hybridized carbons (Fsp3) is 0.545. The van der Waals surface area contributed by atoms with Crippen molar-refractivity contribution in [2.75, 3.05) is 18.8 Å². The van der Waals surface area contributed by atoms with E-state index in [1.807, 2.05) is 0 Å². The maximum absolute atomic E-state index is 10.3. The molecule has 2 rings (SSSR count). The van der Waals surface area contributed by atoms with E-state index in [4.69, 9.17) is 5.73 Å². The molecule has 1 aromatic heterocycles. The van der Waals surface area contributed by atoms with Crippen molar-refractivity contribution in [3.05, 3.63) is 24.0 Å². The Morgan fingerprint density at radius 2 is 2.20 bits per heavy atom. The molecule has 4 heteroatoms. The summed E-state index contributed by atoms with van der Waals surface area (Å²) in [5.41, 5.74) is 6.89. The van der Waals surface area contributed by atoms with Crippen LogP contribution in [0.3, 0.4) is 0 Å². The van der Waals surface area contributed by atoms with Gasteiger partial charge in [0.25, 0.3) is 0 Å². The minimum Gasteiger partial charge on any atom is -0.398 e. The molecule has 82 valence electrons. The second-order valence-electron chi connectivity index (χ2n) is 4.23. The van der Waals surface area contributed by atoms with Gasteiger partial charge in [-0.15, -0.1) is 0 Å². The molecule has 0 aromatic carbocycles. The summed E-state index contributed by atoms with van der Waals surface area (Å²) in [6.45, 7) is 1.74. The summed E-state index contributed by atoms with van der Waals surface area (Å²) in [5, 5.41) is 13.6. The first kappa shape index (κ1) is 10.4. The summed E-state index contributed by atoms with van der Waals surface area (Å²) >= 11 is 0. The molecule has 0 bridgehead atoms. The van der Waals surface area contributed by atoms with Gasteiger partial charge in [-0.05, 0) is 37.6 Å². The van der Waals surface area contributed by atoms with E-state index in [9.17, 15) is 5.11 Å². The molecule has 4 N–H and O–H groups in total. The maximum atomic E-state index is 10.3. The number of nitrogen functional groups attached to an aromatic ring is 1. The van der Waals surface area contributed by atoms with Crippen molar-refractivity contribution >= 4 is 5.69 Å². The molecule has 0 radical (unpaired) electrons. The van der Waals surface area contributed by atoms with Crippen LogP contribution >= 0.6 is 0 Å². The minimum atomic E-state index is -0.609. The largest absolute Gasteiger partial charge is 0.398 e. The molecule has 0 atom stereocenters. The molecule has 0 aliphatic carbocycles. The SMILES string of the molecule is Nc1ccncc1CC1(O)CCNCC1. The lowest BCUT2D eigenvalue weighted by molar-refractivity contribution is 0.0109. The molecular weight excluding hydrogens is 190 g/mol. The molecule has 0 spiro atoms. The van der Waals surface area contributed by atoms with Crippen LogP contribution in [0.5, 0.6) is 0 Å². The number of hydrogen-bond donors (Lipinski definition) is 3. The Labute approximate surface area is 89.5 Å². The molecule has 0 amide bonds. The number of pyridine rings is 1. The molecule has 1 aromatic rings. The quantitative estimate of drug-likeness (QED) is 0.653. The summed E-state index contributed by atoms with van der Waals surface area (Å²) in [7, 11) is 0. The molecule has 1 aliphatic heterocycles.